The SMILES string of the molecule is CCOC1CC(NC(CC)CC)C1(C)CC. The summed E-state index contributed by atoms with van der Waals surface area (Å²) in [6.45, 7) is 12.1. The fraction of sp³-hybridized carbons (Fsp3) is 1.00. The number of rotatable bonds is 7. The Morgan fingerprint density at radius 2 is 1.88 bits per heavy atom. The van der Waals surface area contributed by atoms with E-state index in [2.05, 4.69) is 39.9 Å². The second kappa shape index (κ2) is 6.02. The Balaban J connectivity index is 2.51. The molecule has 0 heterocycles. The van der Waals surface area contributed by atoms with Crippen molar-refractivity contribution >= 4 is 0 Å². The van der Waals surface area contributed by atoms with Gasteiger partial charge in [0.1, 0.15) is 0 Å². The van der Waals surface area contributed by atoms with E-state index in [0.717, 1.165) is 6.61 Å². The van der Waals surface area contributed by atoms with Gasteiger partial charge in [-0.25, -0.2) is 0 Å². The average molecular weight is 227 g/mol. The van der Waals surface area contributed by atoms with Gasteiger partial charge >= 0.3 is 0 Å². The third-order valence-electron chi connectivity index (χ3n) is 4.53. The van der Waals surface area contributed by atoms with Crippen LogP contribution in [0.15, 0.2) is 0 Å². The molecule has 0 aromatic carbocycles. The van der Waals surface area contributed by atoms with E-state index >= 15 is 0 Å². The highest BCUT2D eigenvalue weighted by molar-refractivity contribution is 5.05. The van der Waals surface area contributed by atoms with Crippen molar-refractivity contribution in [3.63, 3.8) is 0 Å². The summed E-state index contributed by atoms with van der Waals surface area (Å²) in [6, 6.07) is 1.33. The summed E-state index contributed by atoms with van der Waals surface area (Å²) in [5.41, 5.74) is 0.346. The van der Waals surface area contributed by atoms with Gasteiger partial charge in [-0.05, 0) is 32.6 Å². The van der Waals surface area contributed by atoms with Gasteiger partial charge in [0, 0.05) is 24.1 Å². The lowest BCUT2D eigenvalue weighted by molar-refractivity contribution is -0.128. The van der Waals surface area contributed by atoms with Gasteiger partial charge in [-0.1, -0.05) is 27.7 Å². The minimum absolute atomic E-state index is 0.346. The van der Waals surface area contributed by atoms with Gasteiger partial charge in [0.15, 0.2) is 0 Å². The molecule has 0 aliphatic heterocycles. The molecule has 0 radical (unpaired) electrons. The maximum absolute atomic E-state index is 5.82. The molecule has 1 rings (SSSR count). The molecule has 0 bridgehead atoms. The van der Waals surface area contributed by atoms with Crippen molar-refractivity contribution in [3.8, 4) is 0 Å². The summed E-state index contributed by atoms with van der Waals surface area (Å²) in [6.07, 6.45) is 5.32. The van der Waals surface area contributed by atoms with Gasteiger partial charge < -0.3 is 10.1 Å². The summed E-state index contributed by atoms with van der Waals surface area (Å²) in [4.78, 5) is 0. The van der Waals surface area contributed by atoms with Gasteiger partial charge in [-0.3, -0.25) is 0 Å². The van der Waals surface area contributed by atoms with E-state index in [9.17, 15) is 0 Å². The van der Waals surface area contributed by atoms with Gasteiger partial charge in [0.05, 0.1) is 6.10 Å². The average Bonchev–Trinajstić information content (AvgIpc) is 2.32. The molecule has 2 heteroatoms. The molecule has 0 aromatic rings. The van der Waals surface area contributed by atoms with Crippen LogP contribution in [-0.4, -0.2) is 24.8 Å². The van der Waals surface area contributed by atoms with Crippen molar-refractivity contribution in [2.24, 2.45) is 5.41 Å². The summed E-state index contributed by atoms with van der Waals surface area (Å²) in [5.74, 6) is 0. The first-order valence-electron chi connectivity index (χ1n) is 6.99. The van der Waals surface area contributed by atoms with Crippen molar-refractivity contribution in [3.05, 3.63) is 0 Å². The highest BCUT2D eigenvalue weighted by Gasteiger charge is 2.51. The van der Waals surface area contributed by atoms with E-state index in [-0.39, 0.29) is 0 Å². The lowest BCUT2D eigenvalue weighted by Gasteiger charge is -2.54. The molecule has 1 aliphatic carbocycles. The van der Waals surface area contributed by atoms with Crippen LogP contribution in [0.5, 0.6) is 0 Å². The standard InChI is InChI=1S/C14H29NO/c1-6-11(7-2)15-12-10-13(16-9-4)14(12,5)8-3/h11-13,15H,6-10H2,1-5H3. The smallest absolute Gasteiger partial charge is 0.0658 e. The zero-order valence-corrected chi connectivity index (χ0v) is 11.7. The van der Waals surface area contributed by atoms with Crippen LogP contribution in [0.4, 0.5) is 0 Å². The van der Waals surface area contributed by atoms with E-state index in [1.165, 1.54) is 25.7 Å². The normalized spacial score (nSPS) is 34.1. The molecular formula is C14H29NO. The van der Waals surface area contributed by atoms with Crippen LogP contribution >= 0.6 is 0 Å². The van der Waals surface area contributed by atoms with Crippen molar-refractivity contribution < 1.29 is 4.74 Å². The first-order chi connectivity index (χ1) is 7.62. The minimum Gasteiger partial charge on any atom is -0.378 e. The highest BCUT2D eigenvalue weighted by atomic mass is 16.5. The molecule has 96 valence electrons. The number of nitrogens with one attached hydrogen (secondary N) is 1. The Morgan fingerprint density at radius 1 is 1.25 bits per heavy atom. The van der Waals surface area contributed by atoms with Crippen molar-refractivity contribution in [2.75, 3.05) is 6.61 Å². The van der Waals surface area contributed by atoms with E-state index in [4.69, 9.17) is 4.74 Å². The molecule has 0 saturated heterocycles. The number of ether oxygens (including phenoxy) is 1. The first-order valence-corrected chi connectivity index (χ1v) is 6.99. The van der Waals surface area contributed by atoms with Crippen LogP contribution in [0.3, 0.4) is 0 Å². The monoisotopic (exact) mass is 227 g/mol. The Kier molecular flexibility index (Phi) is 5.26. The maximum atomic E-state index is 5.82. The number of hydrogen-bond acceptors (Lipinski definition) is 2. The molecule has 1 N–H and O–H groups in total. The van der Waals surface area contributed by atoms with E-state index < -0.39 is 0 Å². The summed E-state index contributed by atoms with van der Waals surface area (Å²) in [5, 5.41) is 3.80. The maximum Gasteiger partial charge on any atom is 0.0658 e. The molecule has 1 aliphatic rings. The molecule has 1 fully saturated rings. The molecule has 3 unspecified atom stereocenters. The largest absolute Gasteiger partial charge is 0.378 e. The Labute approximate surface area is 101 Å². The lowest BCUT2D eigenvalue weighted by atomic mass is 9.61. The van der Waals surface area contributed by atoms with Gasteiger partial charge in [-0.2, -0.15) is 0 Å². The molecule has 16 heavy (non-hydrogen) atoms. The van der Waals surface area contributed by atoms with Crippen LogP contribution in [0, 0.1) is 5.41 Å². The fourth-order valence-electron chi connectivity index (χ4n) is 2.82. The third kappa shape index (κ3) is 2.60. The van der Waals surface area contributed by atoms with Gasteiger partial charge in [0.25, 0.3) is 0 Å². The Hall–Kier alpha value is -0.0800. The topological polar surface area (TPSA) is 21.3 Å². The third-order valence-corrected chi connectivity index (χ3v) is 4.53. The lowest BCUT2D eigenvalue weighted by Crippen LogP contribution is -2.63. The van der Waals surface area contributed by atoms with E-state index in [1.54, 1.807) is 0 Å². The summed E-state index contributed by atoms with van der Waals surface area (Å²) >= 11 is 0. The summed E-state index contributed by atoms with van der Waals surface area (Å²) in [7, 11) is 0. The van der Waals surface area contributed by atoms with Crippen molar-refractivity contribution in [1.29, 1.82) is 0 Å². The van der Waals surface area contributed by atoms with Gasteiger partial charge in [-0.15, -0.1) is 0 Å². The van der Waals surface area contributed by atoms with Crippen LogP contribution in [0.25, 0.3) is 0 Å². The van der Waals surface area contributed by atoms with E-state index in [0.29, 0.717) is 23.6 Å². The summed E-state index contributed by atoms with van der Waals surface area (Å²) < 4.78 is 5.82. The Morgan fingerprint density at radius 3 is 2.31 bits per heavy atom. The van der Waals surface area contributed by atoms with Crippen LogP contribution in [0.2, 0.25) is 0 Å². The minimum atomic E-state index is 0.346. The zero-order chi connectivity index (χ0) is 12.2. The molecular weight excluding hydrogens is 198 g/mol. The zero-order valence-electron chi connectivity index (χ0n) is 11.7. The molecule has 1 saturated carbocycles. The molecule has 0 spiro atoms. The Bertz CT molecular complexity index is 203. The predicted octanol–water partition coefficient (Wildman–Crippen LogP) is 3.36. The first kappa shape index (κ1) is 14.0. The van der Waals surface area contributed by atoms with Gasteiger partial charge in [0.2, 0.25) is 0 Å². The second-order valence-electron chi connectivity index (χ2n) is 5.27. The second-order valence-corrected chi connectivity index (χ2v) is 5.27. The number of hydrogen-bond donors (Lipinski definition) is 1. The van der Waals surface area contributed by atoms with Crippen LogP contribution < -0.4 is 5.32 Å². The predicted molar refractivity (Wildman–Crippen MR) is 69.7 cm³/mol. The highest BCUT2D eigenvalue weighted by Crippen LogP contribution is 2.46. The molecule has 0 amide bonds. The fourth-order valence-corrected chi connectivity index (χ4v) is 2.82. The quantitative estimate of drug-likeness (QED) is 0.720. The van der Waals surface area contributed by atoms with Crippen molar-refractivity contribution in [2.45, 2.75) is 78.5 Å². The molecule has 3 atom stereocenters. The molecule has 0 aromatic heterocycles. The van der Waals surface area contributed by atoms with Crippen LogP contribution in [0.1, 0.15) is 60.3 Å². The molecule has 2 nitrogen and oxygen atoms in total. The van der Waals surface area contributed by atoms with Crippen molar-refractivity contribution in [1.82, 2.24) is 5.32 Å². The van der Waals surface area contributed by atoms with Crippen LogP contribution in [-0.2, 0) is 4.74 Å². The van der Waals surface area contributed by atoms with E-state index in [1.807, 2.05) is 0 Å².